The van der Waals surface area contributed by atoms with Gasteiger partial charge in [0.1, 0.15) is 11.6 Å². The monoisotopic (exact) mass is 261 g/mol. The molecule has 0 amide bonds. The number of nitrogen functional groups attached to an aromatic ring is 1. The van der Waals surface area contributed by atoms with Gasteiger partial charge in [0.2, 0.25) is 0 Å². The zero-order valence-corrected chi connectivity index (χ0v) is 11.7. The minimum Gasteiger partial charge on any atom is -0.384 e. The summed E-state index contributed by atoms with van der Waals surface area (Å²) in [6, 6.07) is 7.09. The number of nitrogens with zero attached hydrogens (tertiary/aromatic N) is 2. The van der Waals surface area contributed by atoms with E-state index >= 15 is 0 Å². The van der Waals surface area contributed by atoms with Crippen LogP contribution in [0.3, 0.4) is 0 Å². The van der Waals surface area contributed by atoms with Crippen molar-refractivity contribution in [3.05, 3.63) is 35.6 Å². The molecule has 0 unspecified atom stereocenters. The van der Waals surface area contributed by atoms with Gasteiger partial charge in [-0.2, -0.15) is 5.10 Å². The number of hydrogen-bond acceptors (Lipinski definition) is 2. The SMILES string of the molecule is CCC(CC)c1ccc(-c2cc(N)n(C)n2)cc1F. The molecule has 1 aromatic heterocycles. The molecular formula is C15H20FN3. The van der Waals surface area contributed by atoms with Crippen LogP contribution in [0, 0.1) is 5.82 Å². The zero-order valence-electron chi connectivity index (χ0n) is 11.7. The molecule has 1 heterocycles. The Balaban J connectivity index is 2.38. The highest BCUT2D eigenvalue weighted by atomic mass is 19.1. The zero-order chi connectivity index (χ0) is 14.0. The molecule has 0 aliphatic carbocycles. The fraction of sp³-hybridized carbons (Fsp3) is 0.400. The smallest absolute Gasteiger partial charge is 0.127 e. The Hall–Kier alpha value is -1.84. The van der Waals surface area contributed by atoms with Crippen LogP contribution in [0.1, 0.15) is 38.2 Å². The maximum atomic E-state index is 14.2. The van der Waals surface area contributed by atoms with Gasteiger partial charge < -0.3 is 5.73 Å². The van der Waals surface area contributed by atoms with E-state index in [9.17, 15) is 4.39 Å². The van der Waals surface area contributed by atoms with Gasteiger partial charge in [-0.1, -0.05) is 26.0 Å². The first-order chi connectivity index (χ1) is 9.06. The summed E-state index contributed by atoms with van der Waals surface area (Å²) in [4.78, 5) is 0. The maximum absolute atomic E-state index is 14.2. The van der Waals surface area contributed by atoms with Crippen LogP contribution in [0.15, 0.2) is 24.3 Å². The van der Waals surface area contributed by atoms with Crippen LogP contribution in [-0.4, -0.2) is 9.78 Å². The Morgan fingerprint density at radius 2 is 1.95 bits per heavy atom. The summed E-state index contributed by atoms with van der Waals surface area (Å²) in [5, 5.41) is 4.26. The van der Waals surface area contributed by atoms with Gasteiger partial charge in [-0.05, 0) is 30.4 Å². The number of hydrogen-bond donors (Lipinski definition) is 1. The van der Waals surface area contributed by atoms with Crippen LogP contribution in [0.5, 0.6) is 0 Å². The number of rotatable bonds is 4. The number of benzene rings is 1. The van der Waals surface area contributed by atoms with Gasteiger partial charge in [0, 0.05) is 18.7 Å². The third kappa shape index (κ3) is 2.62. The summed E-state index contributed by atoms with van der Waals surface area (Å²) < 4.78 is 15.8. The minimum atomic E-state index is -0.157. The molecule has 0 fully saturated rings. The number of aryl methyl sites for hydroxylation is 1. The summed E-state index contributed by atoms with van der Waals surface area (Å²) in [5.41, 5.74) is 8.00. The van der Waals surface area contributed by atoms with Crippen molar-refractivity contribution in [1.82, 2.24) is 9.78 Å². The van der Waals surface area contributed by atoms with E-state index < -0.39 is 0 Å². The van der Waals surface area contributed by atoms with E-state index in [0.717, 1.165) is 24.0 Å². The molecule has 0 spiro atoms. The summed E-state index contributed by atoms with van der Waals surface area (Å²) in [5.74, 6) is 0.692. The molecule has 2 N–H and O–H groups in total. The molecule has 0 saturated carbocycles. The number of aromatic nitrogens is 2. The molecule has 4 heteroatoms. The third-order valence-corrected chi connectivity index (χ3v) is 3.64. The van der Waals surface area contributed by atoms with Crippen LogP contribution in [-0.2, 0) is 7.05 Å². The summed E-state index contributed by atoms with van der Waals surface area (Å²) in [6.45, 7) is 4.17. The predicted molar refractivity (Wildman–Crippen MR) is 76.3 cm³/mol. The van der Waals surface area contributed by atoms with Crippen LogP contribution in [0.4, 0.5) is 10.2 Å². The van der Waals surface area contributed by atoms with Crippen molar-refractivity contribution >= 4 is 5.82 Å². The van der Waals surface area contributed by atoms with Crippen LogP contribution in [0.25, 0.3) is 11.3 Å². The average molecular weight is 261 g/mol. The van der Waals surface area contributed by atoms with Crippen LogP contribution in [0.2, 0.25) is 0 Å². The predicted octanol–water partition coefficient (Wildman–Crippen LogP) is 3.71. The highest BCUT2D eigenvalue weighted by Gasteiger charge is 2.14. The van der Waals surface area contributed by atoms with Gasteiger partial charge in [0.25, 0.3) is 0 Å². The fourth-order valence-corrected chi connectivity index (χ4v) is 2.37. The summed E-state index contributed by atoms with van der Waals surface area (Å²) >= 11 is 0. The Morgan fingerprint density at radius 3 is 2.42 bits per heavy atom. The number of halogens is 1. The standard InChI is InChI=1S/C15H20FN3/c1-4-10(5-2)12-7-6-11(8-13(12)16)14-9-15(17)19(3)18-14/h6-10H,4-5,17H2,1-3H3. The van der Waals surface area contributed by atoms with Crippen molar-refractivity contribution in [1.29, 1.82) is 0 Å². The molecule has 0 radical (unpaired) electrons. The van der Waals surface area contributed by atoms with Crippen molar-refractivity contribution in [2.75, 3.05) is 5.73 Å². The Labute approximate surface area is 113 Å². The van der Waals surface area contributed by atoms with E-state index in [4.69, 9.17) is 5.73 Å². The average Bonchev–Trinajstić information content (AvgIpc) is 2.73. The first kappa shape index (κ1) is 13.6. The molecule has 1 aromatic carbocycles. The van der Waals surface area contributed by atoms with Gasteiger partial charge in [-0.3, -0.25) is 4.68 Å². The van der Waals surface area contributed by atoms with E-state index in [2.05, 4.69) is 18.9 Å². The molecule has 0 aliphatic heterocycles. The van der Waals surface area contributed by atoms with E-state index in [1.54, 1.807) is 23.9 Å². The van der Waals surface area contributed by atoms with E-state index in [-0.39, 0.29) is 11.7 Å². The molecule has 0 atom stereocenters. The van der Waals surface area contributed by atoms with Crippen LogP contribution < -0.4 is 5.73 Å². The highest BCUT2D eigenvalue weighted by Crippen LogP contribution is 2.29. The topological polar surface area (TPSA) is 43.8 Å². The Kier molecular flexibility index (Phi) is 3.88. The van der Waals surface area contributed by atoms with Crippen molar-refractivity contribution in [2.45, 2.75) is 32.6 Å². The van der Waals surface area contributed by atoms with E-state index in [1.165, 1.54) is 0 Å². The van der Waals surface area contributed by atoms with E-state index in [0.29, 0.717) is 11.5 Å². The molecule has 0 bridgehead atoms. The molecule has 2 aromatic rings. The molecule has 3 nitrogen and oxygen atoms in total. The summed E-state index contributed by atoms with van der Waals surface area (Å²) in [6.07, 6.45) is 1.90. The van der Waals surface area contributed by atoms with E-state index in [1.807, 2.05) is 12.1 Å². The van der Waals surface area contributed by atoms with Crippen molar-refractivity contribution < 1.29 is 4.39 Å². The maximum Gasteiger partial charge on any atom is 0.127 e. The number of nitrogens with two attached hydrogens (primary N) is 1. The van der Waals surface area contributed by atoms with Gasteiger partial charge in [-0.25, -0.2) is 4.39 Å². The highest BCUT2D eigenvalue weighted by molar-refractivity contribution is 5.62. The lowest BCUT2D eigenvalue weighted by molar-refractivity contribution is 0.558. The lowest BCUT2D eigenvalue weighted by Crippen LogP contribution is -1.99. The second kappa shape index (κ2) is 5.43. The number of anilines is 1. The molecular weight excluding hydrogens is 241 g/mol. The van der Waals surface area contributed by atoms with Crippen molar-refractivity contribution in [2.24, 2.45) is 7.05 Å². The molecule has 0 saturated heterocycles. The quantitative estimate of drug-likeness (QED) is 0.911. The Morgan fingerprint density at radius 1 is 1.26 bits per heavy atom. The molecule has 102 valence electrons. The van der Waals surface area contributed by atoms with Gasteiger partial charge in [-0.15, -0.1) is 0 Å². The van der Waals surface area contributed by atoms with Crippen LogP contribution >= 0.6 is 0 Å². The fourth-order valence-electron chi connectivity index (χ4n) is 2.37. The second-order valence-corrected chi connectivity index (χ2v) is 4.83. The van der Waals surface area contributed by atoms with Gasteiger partial charge in [0.05, 0.1) is 5.69 Å². The molecule has 19 heavy (non-hydrogen) atoms. The summed E-state index contributed by atoms with van der Waals surface area (Å²) in [7, 11) is 1.77. The van der Waals surface area contributed by atoms with Gasteiger partial charge in [0.15, 0.2) is 0 Å². The van der Waals surface area contributed by atoms with Gasteiger partial charge >= 0.3 is 0 Å². The lowest BCUT2D eigenvalue weighted by atomic mass is 9.92. The third-order valence-electron chi connectivity index (χ3n) is 3.64. The Bertz CT molecular complexity index is 551. The van der Waals surface area contributed by atoms with Crippen molar-refractivity contribution in [3.63, 3.8) is 0 Å². The molecule has 2 rings (SSSR count). The largest absolute Gasteiger partial charge is 0.384 e. The first-order valence-electron chi connectivity index (χ1n) is 6.66. The minimum absolute atomic E-state index is 0.157. The lowest BCUT2D eigenvalue weighted by Gasteiger charge is -2.14. The first-order valence-corrected chi connectivity index (χ1v) is 6.66. The normalized spacial score (nSPS) is 11.2. The molecule has 0 aliphatic rings. The van der Waals surface area contributed by atoms with Crippen molar-refractivity contribution in [3.8, 4) is 11.3 Å². The second-order valence-electron chi connectivity index (χ2n) is 4.83.